The van der Waals surface area contributed by atoms with Crippen LogP contribution in [0.25, 0.3) is 0 Å². The van der Waals surface area contributed by atoms with Crippen molar-refractivity contribution in [3.8, 4) is 0 Å². The fourth-order valence-electron chi connectivity index (χ4n) is 2.37. The normalized spacial score (nSPS) is 14.8. The second-order valence-corrected chi connectivity index (χ2v) is 4.57. The molecule has 0 atom stereocenters. The van der Waals surface area contributed by atoms with Crippen molar-refractivity contribution in [2.75, 3.05) is 19.6 Å². The van der Waals surface area contributed by atoms with Crippen LogP contribution in [0.2, 0.25) is 0 Å². The quantitative estimate of drug-likeness (QED) is 0.920. The maximum atomic E-state index is 12.4. The summed E-state index contributed by atoms with van der Waals surface area (Å²) < 4.78 is 0. The Morgan fingerprint density at radius 3 is 2.60 bits per heavy atom. The summed E-state index contributed by atoms with van der Waals surface area (Å²) in [6.07, 6.45) is 7.71. The van der Waals surface area contributed by atoms with E-state index >= 15 is 0 Å². The average Bonchev–Trinajstić information content (AvgIpc) is 2.46. The number of piperidine rings is 1. The first-order valence-electron chi connectivity index (χ1n) is 6.60. The van der Waals surface area contributed by atoms with Crippen LogP contribution in [0, 0.1) is 0 Å². The highest BCUT2D eigenvalue weighted by molar-refractivity contribution is 5.92. The molecule has 1 amide bonds. The van der Waals surface area contributed by atoms with Gasteiger partial charge in [0, 0.05) is 25.0 Å². The van der Waals surface area contributed by atoms with Gasteiger partial charge in [0.25, 0.3) is 5.91 Å². The minimum atomic E-state index is 0. The number of carbonyl (C=O) groups is 1. The van der Waals surface area contributed by atoms with Crippen LogP contribution in [-0.4, -0.2) is 46.5 Å². The minimum absolute atomic E-state index is 0. The van der Waals surface area contributed by atoms with Crippen molar-refractivity contribution in [2.24, 2.45) is 0 Å². The molecule has 2 rings (SSSR count). The highest BCUT2D eigenvalue weighted by atomic mass is 35.5. The lowest BCUT2D eigenvalue weighted by Crippen LogP contribution is -2.46. The number of hydrogen-bond acceptors (Lipinski definition) is 4. The Morgan fingerprint density at radius 1 is 1.35 bits per heavy atom. The summed E-state index contributed by atoms with van der Waals surface area (Å²) in [5.74, 6) is 0.0110. The van der Waals surface area contributed by atoms with E-state index in [1.54, 1.807) is 18.6 Å². The maximum Gasteiger partial charge on any atom is 0.274 e. The standard InChI is InChI=1S/C13H20N4O.2ClH/c1-2-9-17(11-3-5-14-6-4-11)13(18)12-10-15-7-8-16-12;;/h7-8,10-11,14H,2-6,9H2,1H3;2*1H. The Morgan fingerprint density at radius 2 is 2.05 bits per heavy atom. The number of halogens is 2. The molecule has 0 unspecified atom stereocenters. The molecular formula is C13H22Cl2N4O. The molecule has 0 radical (unpaired) electrons. The fraction of sp³-hybridized carbons (Fsp3) is 0.615. The molecule has 114 valence electrons. The summed E-state index contributed by atoms with van der Waals surface area (Å²) in [5, 5.41) is 3.32. The molecular weight excluding hydrogens is 299 g/mol. The van der Waals surface area contributed by atoms with Crippen LogP contribution in [0.15, 0.2) is 18.6 Å². The molecule has 0 spiro atoms. The van der Waals surface area contributed by atoms with Crippen LogP contribution in [-0.2, 0) is 0 Å². The fourth-order valence-corrected chi connectivity index (χ4v) is 2.37. The summed E-state index contributed by atoms with van der Waals surface area (Å²) >= 11 is 0. The zero-order valence-corrected chi connectivity index (χ0v) is 13.3. The Labute approximate surface area is 132 Å². The number of amides is 1. The van der Waals surface area contributed by atoms with E-state index in [4.69, 9.17) is 0 Å². The number of nitrogens with one attached hydrogen (secondary N) is 1. The Kier molecular flexibility index (Phi) is 9.46. The molecule has 1 aromatic heterocycles. The van der Waals surface area contributed by atoms with Crippen LogP contribution in [0.4, 0.5) is 0 Å². The molecule has 1 aromatic rings. The first-order valence-corrected chi connectivity index (χ1v) is 6.60. The molecule has 0 aliphatic carbocycles. The van der Waals surface area contributed by atoms with Crippen molar-refractivity contribution in [1.82, 2.24) is 20.2 Å². The number of nitrogens with zero attached hydrogens (tertiary/aromatic N) is 3. The zero-order chi connectivity index (χ0) is 12.8. The van der Waals surface area contributed by atoms with Crippen molar-refractivity contribution in [1.29, 1.82) is 0 Å². The van der Waals surface area contributed by atoms with Crippen LogP contribution >= 0.6 is 24.8 Å². The van der Waals surface area contributed by atoms with Gasteiger partial charge in [-0.15, -0.1) is 24.8 Å². The van der Waals surface area contributed by atoms with Gasteiger partial charge in [-0.05, 0) is 32.4 Å². The van der Waals surface area contributed by atoms with Crippen LogP contribution in [0.3, 0.4) is 0 Å². The minimum Gasteiger partial charge on any atom is -0.334 e. The summed E-state index contributed by atoms with van der Waals surface area (Å²) in [5.41, 5.74) is 0.449. The number of carbonyl (C=O) groups excluding carboxylic acids is 1. The highest BCUT2D eigenvalue weighted by Gasteiger charge is 2.26. The Balaban J connectivity index is 0.00000180. The lowest BCUT2D eigenvalue weighted by molar-refractivity contribution is 0.0636. The number of hydrogen-bond donors (Lipinski definition) is 1. The predicted molar refractivity (Wildman–Crippen MR) is 83.7 cm³/mol. The van der Waals surface area contributed by atoms with Crippen molar-refractivity contribution >= 4 is 30.7 Å². The number of rotatable bonds is 4. The molecule has 1 aliphatic heterocycles. The molecule has 7 heteroatoms. The van der Waals surface area contributed by atoms with E-state index < -0.39 is 0 Å². The van der Waals surface area contributed by atoms with E-state index in [-0.39, 0.29) is 30.7 Å². The third-order valence-electron chi connectivity index (χ3n) is 3.26. The lowest BCUT2D eigenvalue weighted by atomic mass is 10.0. The molecule has 1 fully saturated rings. The molecule has 1 N–H and O–H groups in total. The smallest absolute Gasteiger partial charge is 0.274 e. The first-order chi connectivity index (χ1) is 8.83. The van der Waals surface area contributed by atoms with Gasteiger partial charge in [0.1, 0.15) is 5.69 Å². The SMILES string of the molecule is CCCN(C(=O)c1cnccn1)C1CCNCC1.Cl.Cl. The van der Waals surface area contributed by atoms with Gasteiger partial charge in [-0.25, -0.2) is 4.98 Å². The molecule has 2 heterocycles. The highest BCUT2D eigenvalue weighted by Crippen LogP contribution is 2.15. The monoisotopic (exact) mass is 320 g/mol. The van der Waals surface area contributed by atoms with Gasteiger partial charge in [0.05, 0.1) is 6.20 Å². The van der Waals surface area contributed by atoms with Crippen LogP contribution in [0.1, 0.15) is 36.7 Å². The first kappa shape index (κ1) is 19.1. The molecule has 1 aliphatic rings. The van der Waals surface area contributed by atoms with Gasteiger partial charge < -0.3 is 10.2 Å². The van der Waals surface area contributed by atoms with Gasteiger partial charge in [-0.1, -0.05) is 6.92 Å². The van der Waals surface area contributed by atoms with Crippen molar-refractivity contribution in [2.45, 2.75) is 32.2 Å². The Bertz CT molecular complexity index is 385. The third-order valence-corrected chi connectivity index (χ3v) is 3.26. The van der Waals surface area contributed by atoms with Gasteiger partial charge in [0.2, 0.25) is 0 Å². The molecule has 1 saturated heterocycles. The molecule has 0 aromatic carbocycles. The zero-order valence-electron chi connectivity index (χ0n) is 11.6. The summed E-state index contributed by atoms with van der Waals surface area (Å²) in [6.45, 7) is 4.86. The van der Waals surface area contributed by atoms with Gasteiger partial charge in [0.15, 0.2) is 0 Å². The molecule has 0 bridgehead atoms. The van der Waals surface area contributed by atoms with E-state index in [1.807, 2.05) is 4.90 Å². The molecule has 5 nitrogen and oxygen atoms in total. The summed E-state index contributed by atoms with van der Waals surface area (Å²) in [4.78, 5) is 22.5. The Hall–Kier alpha value is -0.910. The van der Waals surface area contributed by atoms with Crippen LogP contribution < -0.4 is 5.32 Å². The van der Waals surface area contributed by atoms with E-state index in [0.29, 0.717) is 11.7 Å². The van der Waals surface area contributed by atoms with Crippen molar-refractivity contribution < 1.29 is 4.79 Å². The second kappa shape index (κ2) is 9.91. The van der Waals surface area contributed by atoms with Crippen molar-refractivity contribution in [3.63, 3.8) is 0 Å². The topological polar surface area (TPSA) is 58.1 Å². The largest absolute Gasteiger partial charge is 0.334 e. The van der Waals surface area contributed by atoms with E-state index in [9.17, 15) is 4.79 Å². The summed E-state index contributed by atoms with van der Waals surface area (Å²) in [6, 6.07) is 0.334. The molecule has 0 saturated carbocycles. The second-order valence-electron chi connectivity index (χ2n) is 4.57. The average molecular weight is 321 g/mol. The number of aromatic nitrogens is 2. The van der Waals surface area contributed by atoms with Gasteiger partial charge in [-0.3, -0.25) is 9.78 Å². The third kappa shape index (κ3) is 4.89. The van der Waals surface area contributed by atoms with E-state index in [0.717, 1.165) is 38.9 Å². The maximum absolute atomic E-state index is 12.4. The van der Waals surface area contributed by atoms with Gasteiger partial charge in [-0.2, -0.15) is 0 Å². The molecule has 20 heavy (non-hydrogen) atoms. The van der Waals surface area contributed by atoms with E-state index in [2.05, 4.69) is 22.2 Å². The summed E-state index contributed by atoms with van der Waals surface area (Å²) in [7, 11) is 0. The van der Waals surface area contributed by atoms with E-state index in [1.165, 1.54) is 0 Å². The van der Waals surface area contributed by atoms with Crippen molar-refractivity contribution in [3.05, 3.63) is 24.3 Å². The van der Waals surface area contributed by atoms with Gasteiger partial charge >= 0.3 is 0 Å². The lowest BCUT2D eigenvalue weighted by Gasteiger charge is -2.34. The van der Waals surface area contributed by atoms with Crippen LogP contribution in [0.5, 0.6) is 0 Å². The predicted octanol–water partition coefficient (Wildman–Crippen LogP) is 1.92.